The molecule has 0 atom stereocenters. The van der Waals surface area contributed by atoms with Crippen molar-refractivity contribution in [3.63, 3.8) is 0 Å². The summed E-state index contributed by atoms with van der Waals surface area (Å²) < 4.78 is 17.2. The second kappa shape index (κ2) is 12.2. The van der Waals surface area contributed by atoms with Crippen LogP contribution in [0.15, 0.2) is 102 Å². The number of nitrogens with one attached hydrogen (secondary N) is 1. The molecule has 1 amide bonds. The van der Waals surface area contributed by atoms with Crippen LogP contribution in [-0.4, -0.2) is 25.8 Å². The lowest BCUT2D eigenvalue weighted by Gasteiger charge is -2.12. The molecule has 0 saturated heterocycles. The first kappa shape index (κ1) is 24.5. The number of hydrogen-bond donors (Lipinski definition) is 1. The number of para-hydroxylation sites is 1. The first-order valence-corrected chi connectivity index (χ1v) is 11.6. The van der Waals surface area contributed by atoms with E-state index in [1.165, 1.54) is 5.56 Å². The highest BCUT2D eigenvalue weighted by Gasteiger charge is 2.09. The van der Waals surface area contributed by atoms with Gasteiger partial charge in [-0.15, -0.1) is 0 Å². The van der Waals surface area contributed by atoms with Gasteiger partial charge in [-0.3, -0.25) is 4.79 Å². The van der Waals surface area contributed by atoms with Gasteiger partial charge in [0.05, 0.1) is 13.3 Å². The SMILES string of the molecule is COc1cc(/C=N/NC(=O)COc2ccccc2-c2ccccc2)ccc1OCc1ccccc1C. The number of amides is 1. The van der Waals surface area contributed by atoms with Crippen LogP contribution in [0.4, 0.5) is 0 Å². The maximum Gasteiger partial charge on any atom is 0.277 e. The van der Waals surface area contributed by atoms with E-state index in [1.54, 1.807) is 19.4 Å². The molecule has 0 aliphatic rings. The summed E-state index contributed by atoms with van der Waals surface area (Å²) in [6.07, 6.45) is 1.55. The molecule has 0 radical (unpaired) electrons. The molecular formula is C30H28N2O4. The Balaban J connectivity index is 1.32. The molecule has 0 spiro atoms. The highest BCUT2D eigenvalue weighted by molar-refractivity contribution is 5.84. The van der Waals surface area contributed by atoms with Crippen LogP contribution in [0, 0.1) is 6.92 Å². The predicted molar refractivity (Wildman–Crippen MR) is 142 cm³/mol. The fraction of sp³-hybridized carbons (Fsp3) is 0.133. The van der Waals surface area contributed by atoms with Gasteiger partial charge >= 0.3 is 0 Å². The van der Waals surface area contributed by atoms with Crippen LogP contribution in [0.25, 0.3) is 11.1 Å². The van der Waals surface area contributed by atoms with Gasteiger partial charge in [-0.25, -0.2) is 5.43 Å². The normalized spacial score (nSPS) is 10.7. The van der Waals surface area contributed by atoms with Crippen molar-refractivity contribution in [2.75, 3.05) is 13.7 Å². The maximum absolute atomic E-state index is 12.3. The van der Waals surface area contributed by atoms with E-state index in [2.05, 4.69) is 23.5 Å². The Labute approximate surface area is 211 Å². The molecule has 0 aliphatic carbocycles. The van der Waals surface area contributed by atoms with Crippen LogP contribution in [-0.2, 0) is 11.4 Å². The number of rotatable bonds is 10. The van der Waals surface area contributed by atoms with Gasteiger partial charge in [-0.1, -0.05) is 72.8 Å². The Morgan fingerprint density at radius 1 is 0.833 bits per heavy atom. The van der Waals surface area contributed by atoms with E-state index in [1.807, 2.05) is 84.9 Å². The zero-order valence-corrected chi connectivity index (χ0v) is 20.3. The molecule has 182 valence electrons. The Morgan fingerprint density at radius 2 is 1.58 bits per heavy atom. The van der Waals surface area contributed by atoms with Gasteiger partial charge in [-0.05, 0) is 53.4 Å². The van der Waals surface area contributed by atoms with Crippen molar-refractivity contribution in [3.05, 3.63) is 114 Å². The van der Waals surface area contributed by atoms with Crippen molar-refractivity contribution in [1.82, 2.24) is 5.43 Å². The van der Waals surface area contributed by atoms with Crippen molar-refractivity contribution in [3.8, 4) is 28.4 Å². The molecule has 0 fully saturated rings. The number of ether oxygens (including phenoxy) is 3. The summed E-state index contributed by atoms with van der Waals surface area (Å²) in [6.45, 7) is 2.34. The van der Waals surface area contributed by atoms with E-state index < -0.39 is 0 Å². The third kappa shape index (κ3) is 6.51. The molecular weight excluding hydrogens is 452 g/mol. The number of benzene rings is 4. The molecule has 0 unspecified atom stereocenters. The molecule has 0 heterocycles. The maximum atomic E-state index is 12.3. The Bertz CT molecular complexity index is 1340. The second-order valence-electron chi connectivity index (χ2n) is 8.07. The summed E-state index contributed by atoms with van der Waals surface area (Å²) in [5, 5.41) is 4.04. The minimum absolute atomic E-state index is 0.157. The number of carbonyl (C=O) groups is 1. The van der Waals surface area contributed by atoms with Crippen LogP contribution in [0.1, 0.15) is 16.7 Å². The molecule has 0 aromatic heterocycles. The summed E-state index contributed by atoms with van der Waals surface area (Å²) >= 11 is 0. The summed E-state index contributed by atoms with van der Waals surface area (Å²) in [5.74, 6) is 1.49. The molecule has 36 heavy (non-hydrogen) atoms. The summed E-state index contributed by atoms with van der Waals surface area (Å²) in [4.78, 5) is 12.3. The van der Waals surface area contributed by atoms with E-state index in [9.17, 15) is 4.79 Å². The average Bonchev–Trinajstić information content (AvgIpc) is 2.92. The van der Waals surface area contributed by atoms with Gasteiger partial charge in [0.2, 0.25) is 0 Å². The van der Waals surface area contributed by atoms with Crippen LogP contribution in [0.5, 0.6) is 17.2 Å². The zero-order valence-electron chi connectivity index (χ0n) is 20.3. The zero-order chi connectivity index (χ0) is 25.2. The lowest BCUT2D eigenvalue weighted by Crippen LogP contribution is -2.24. The number of hydrogen-bond acceptors (Lipinski definition) is 5. The Kier molecular flexibility index (Phi) is 8.33. The van der Waals surface area contributed by atoms with Crippen LogP contribution >= 0.6 is 0 Å². The minimum atomic E-state index is -0.362. The van der Waals surface area contributed by atoms with E-state index in [4.69, 9.17) is 14.2 Å². The van der Waals surface area contributed by atoms with E-state index in [0.29, 0.717) is 23.9 Å². The number of nitrogens with zero attached hydrogens (tertiary/aromatic N) is 1. The molecule has 0 bridgehead atoms. The van der Waals surface area contributed by atoms with Crippen molar-refractivity contribution in [1.29, 1.82) is 0 Å². The Morgan fingerprint density at radius 3 is 2.39 bits per heavy atom. The molecule has 4 aromatic carbocycles. The number of hydrazone groups is 1. The van der Waals surface area contributed by atoms with Gasteiger partial charge < -0.3 is 14.2 Å². The van der Waals surface area contributed by atoms with Crippen LogP contribution in [0.3, 0.4) is 0 Å². The highest BCUT2D eigenvalue weighted by Crippen LogP contribution is 2.30. The first-order chi connectivity index (χ1) is 17.6. The average molecular weight is 481 g/mol. The lowest BCUT2D eigenvalue weighted by molar-refractivity contribution is -0.123. The lowest BCUT2D eigenvalue weighted by atomic mass is 10.1. The van der Waals surface area contributed by atoms with E-state index in [0.717, 1.165) is 22.3 Å². The third-order valence-corrected chi connectivity index (χ3v) is 5.57. The quantitative estimate of drug-likeness (QED) is 0.231. The second-order valence-corrected chi connectivity index (χ2v) is 8.07. The topological polar surface area (TPSA) is 69.2 Å². The standard InChI is InChI=1S/C30H28N2O4/c1-22-10-6-7-13-25(22)20-35-28-17-16-23(18-29(28)34-2)19-31-32-30(33)21-36-27-15-9-8-14-26(27)24-11-4-3-5-12-24/h3-19H,20-21H2,1-2H3,(H,32,33)/b31-19+. The summed E-state index contributed by atoms with van der Waals surface area (Å²) in [7, 11) is 1.59. The molecule has 4 rings (SSSR count). The van der Waals surface area contributed by atoms with E-state index in [-0.39, 0.29) is 12.5 Å². The van der Waals surface area contributed by atoms with Crippen molar-refractivity contribution in [2.24, 2.45) is 5.10 Å². The molecule has 0 saturated carbocycles. The number of aryl methyl sites for hydroxylation is 1. The fourth-order valence-electron chi connectivity index (χ4n) is 3.61. The van der Waals surface area contributed by atoms with Crippen LogP contribution < -0.4 is 19.6 Å². The first-order valence-electron chi connectivity index (χ1n) is 11.6. The monoisotopic (exact) mass is 480 g/mol. The predicted octanol–water partition coefficient (Wildman–Crippen LogP) is 5.78. The van der Waals surface area contributed by atoms with Gasteiger partial charge in [0.25, 0.3) is 5.91 Å². The number of methoxy groups -OCH3 is 1. The molecule has 0 aliphatic heterocycles. The smallest absolute Gasteiger partial charge is 0.277 e. The van der Waals surface area contributed by atoms with Crippen molar-refractivity contribution < 1.29 is 19.0 Å². The largest absolute Gasteiger partial charge is 0.493 e. The molecule has 6 heteroatoms. The van der Waals surface area contributed by atoms with Gasteiger partial charge in [0, 0.05) is 5.56 Å². The molecule has 6 nitrogen and oxygen atoms in total. The third-order valence-electron chi connectivity index (χ3n) is 5.57. The summed E-state index contributed by atoms with van der Waals surface area (Å²) in [5.41, 5.74) is 7.48. The van der Waals surface area contributed by atoms with Gasteiger partial charge in [0.15, 0.2) is 18.1 Å². The fourth-order valence-corrected chi connectivity index (χ4v) is 3.61. The Hall–Kier alpha value is -4.58. The molecule has 1 N–H and O–H groups in total. The minimum Gasteiger partial charge on any atom is -0.493 e. The van der Waals surface area contributed by atoms with E-state index >= 15 is 0 Å². The van der Waals surface area contributed by atoms with Gasteiger partial charge in [0.1, 0.15) is 12.4 Å². The van der Waals surface area contributed by atoms with Crippen molar-refractivity contribution in [2.45, 2.75) is 13.5 Å². The van der Waals surface area contributed by atoms with Gasteiger partial charge in [-0.2, -0.15) is 5.10 Å². The number of carbonyl (C=O) groups excluding carboxylic acids is 1. The summed E-state index contributed by atoms with van der Waals surface area (Å²) in [6, 6.07) is 31.1. The highest BCUT2D eigenvalue weighted by atomic mass is 16.5. The van der Waals surface area contributed by atoms with Crippen molar-refractivity contribution >= 4 is 12.1 Å². The van der Waals surface area contributed by atoms with Crippen LogP contribution in [0.2, 0.25) is 0 Å². The molecule has 4 aromatic rings.